The molecule has 1 aromatic carbocycles. The zero-order valence-electron chi connectivity index (χ0n) is 10.6. The molecule has 0 fully saturated rings. The first-order chi connectivity index (χ1) is 7.69. The standard InChI is InChI=1S/C14H23NO/c1-4-7-12(10-15)16-14-9-6-5-8-13(14)11(2)3/h5-6,8-9,11-12H,4,7,10,15H2,1-3H3. The minimum absolute atomic E-state index is 0.143. The molecule has 1 rings (SSSR count). The maximum absolute atomic E-state index is 5.97. The highest BCUT2D eigenvalue weighted by atomic mass is 16.5. The van der Waals surface area contributed by atoms with Crippen LogP contribution in [0.2, 0.25) is 0 Å². The molecule has 1 atom stereocenters. The number of ether oxygens (including phenoxy) is 1. The van der Waals surface area contributed by atoms with Gasteiger partial charge in [-0.2, -0.15) is 0 Å². The van der Waals surface area contributed by atoms with Gasteiger partial charge in [-0.1, -0.05) is 45.4 Å². The third kappa shape index (κ3) is 3.53. The van der Waals surface area contributed by atoms with Crippen molar-refractivity contribution in [2.75, 3.05) is 6.54 Å². The van der Waals surface area contributed by atoms with Crippen LogP contribution in [0.25, 0.3) is 0 Å². The molecule has 0 aliphatic heterocycles. The van der Waals surface area contributed by atoms with Crippen LogP contribution in [0, 0.1) is 0 Å². The second-order valence-corrected chi connectivity index (χ2v) is 4.46. The average Bonchev–Trinajstić information content (AvgIpc) is 2.29. The lowest BCUT2D eigenvalue weighted by Crippen LogP contribution is -2.26. The van der Waals surface area contributed by atoms with Gasteiger partial charge in [0.2, 0.25) is 0 Å². The molecule has 0 radical (unpaired) electrons. The summed E-state index contributed by atoms with van der Waals surface area (Å²) in [4.78, 5) is 0. The Kier molecular flexibility index (Phi) is 5.33. The summed E-state index contributed by atoms with van der Waals surface area (Å²) in [7, 11) is 0. The van der Waals surface area contributed by atoms with E-state index < -0.39 is 0 Å². The Labute approximate surface area is 98.8 Å². The Balaban J connectivity index is 2.78. The average molecular weight is 221 g/mol. The Bertz CT molecular complexity index is 309. The molecule has 0 saturated carbocycles. The summed E-state index contributed by atoms with van der Waals surface area (Å²) in [5, 5.41) is 0. The van der Waals surface area contributed by atoms with Crippen LogP contribution >= 0.6 is 0 Å². The summed E-state index contributed by atoms with van der Waals surface area (Å²) in [6, 6.07) is 8.23. The van der Waals surface area contributed by atoms with E-state index in [9.17, 15) is 0 Å². The Morgan fingerprint density at radius 2 is 1.94 bits per heavy atom. The lowest BCUT2D eigenvalue weighted by atomic mass is 10.0. The van der Waals surface area contributed by atoms with E-state index in [1.54, 1.807) is 0 Å². The smallest absolute Gasteiger partial charge is 0.123 e. The number of benzene rings is 1. The predicted molar refractivity (Wildman–Crippen MR) is 68.9 cm³/mol. The Morgan fingerprint density at radius 3 is 2.50 bits per heavy atom. The summed E-state index contributed by atoms with van der Waals surface area (Å²) in [6.07, 6.45) is 2.26. The van der Waals surface area contributed by atoms with Gasteiger partial charge in [0, 0.05) is 6.54 Å². The molecular weight excluding hydrogens is 198 g/mol. The third-order valence-corrected chi connectivity index (χ3v) is 2.71. The second-order valence-electron chi connectivity index (χ2n) is 4.46. The highest BCUT2D eigenvalue weighted by Crippen LogP contribution is 2.27. The maximum Gasteiger partial charge on any atom is 0.123 e. The van der Waals surface area contributed by atoms with Gasteiger partial charge in [0.05, 0.1) is 0 Å². The van der Waals surface area contributed by atoms with E-state index in [0.29, 0.717) is 12.5 Å². The predicted octanol–water partition coefficient (Wildman–Crippen LogP) is 3.32. The van der Waals surface area contributed by atoms with E-state index in [4.69, 9.17) is 10.5 Å². The zero-order chi connectivity index (χ0) is 12.0. The number of rotatable bonds is 6. The number of hydrogen-bond donors (Lipinski definition) is 1. The third-order valence-electron chi connectivity index (χ3n) is 2.71. The molecule has 1 unspecified atom stereocenters. The van der Waals surface area contributed by atoms with Gasteiger partial charge in [-0.25, -0.2) is 0 Å². The molecule has 2 heteroatoms. The van der Waals surface area contributed by atoms with Gasteiger partial charge in [-0.15, -0.1) is 0 Å². The van der Waals surface area contributed by atoms with E-state index in [1.807, 2.05) is 12.1 Å². The molecule has 0 aromatic heterocycles. The monoisotopic (exact) mass is 221 g/mol. The molecule has 16 heavy (non-hydrogen) atoms. The van der Waals surface area contributed by atoms with Crippen molar-refractivity contribution in [3.63, 3.8) is 0 Å². The zero-order valence-corrected chi connectivity index (χ0v) is 10.6. The minimum Gasteiger partial charge on any atom is -0.489 e. The van der Waals surface area contributed by atoms with Crippen LogP contribution in [0.15, 0.2) is 24.3 Å². The van der Waals surface area contributed by atoms with Gasteiger partial charge in [0.25, 0.3) is 0 Å². The lowest BCUT2D eigenvalue weighted by molar-refractivity contribution is 0.195. The molecule has 0 aliphatic rings. The molecule has 0 aliphatic carbocycles. The molecule has 1 aromatic rings. The molecule has 2 N–H and O–H groups in total. The number of para-hydroxylation sites is 1. The van der Waals surface area contributed by atoms with E-state index in [2.05, 4.69) is 32.9 Å². The molecule has 0 spiro atoms. The molecule has 0 heterocycles. The SMILES string of the molecule is CCCC(CN)Oc1ccccc1C(C)C. The summed E-state index contributed by atoms with van der Waals surface area (Å²) in [5.41, 5.74) is 6.97. The number of hydrogen-bond acceptors (Lipinski definition) is 2. The largest absolute Gasteiger partial charge is 0.489 e. The Hall–Kier alpha value is -1.02. The summed E-state index contributed by atoms with van der Waals surface area (Å²) in [6.45, 7) is 7.10. The molecule has 0 saturated heterocycles. The number of nitrogens with two attached hydrogens (primary N) is 1. The Morgan fingerprint density at radius 1 is 1.25 bits per heavy atom. The lowest BCUT2D eigenvalue weighted by Gasteiger charge is -2.20. The van der Waals surface area contributed by atoms with Crippen LogP contribution in [0.3, 0.4) is 0 Å². The van der Waals surface area contributed by atoms with E-state index >= 15 is 0 Å². The molecular formula is C14H23NO. The van der Waals surface area contributed by atoms with Crippen LogP contribution in [0.5, 0.6) is 5.75 Å². The first kappa shape index (κ1) is 13.0. The maximum atomic E-state index is 5.97. The van der Waals surface area contributed by atoms with Crippen molar-refractivity contribution >= 4 is 0 Å². The summed E-state index contributed by atoms with van der Waals surface area (Å²) >= 11 is 0. The first-order valence-electron chi connectivity index (χ1n) is 6.14. The molecule has 90 valence electrons. The second kappa shape index (κ2) is 6.54. The van der Waals surface area contributed by atoms with E-state index in [1.165, 1.54) is 5.56 Å². The minimum atomic E-state index is 0.143. The highest BCUT2D eigenvalue weighted by Gasteiger charge is 2.11. The van der Waals surface area contributed by atoms with Crippen molar-refractivity contribution in [2.45, 2.75) is 45.6 Å². The van der Waals surface area contributed by atoms with Crippen molar-refractivity contribution in [2.24, 2.45) is 5.73 Å². The quantitative estimate of drug-likeness (QED) is 0.799. The van der Waals surface area contributed by atoms with Crippen molar-refractivity contribution in [1.82, 2.24) is 0 Å². The van der Waals surface area contributed by atoms with Crippen LogP contribution in [0.1, 0.15) is 45.1 Å². The van der Waals surface area contributed by atoms with Crippen molar-refractivity contribution < 1.29 is 4.74 Å². The van der Waals surface area contributed by atoms with Crippen LogP contribution in [-0.2, 0) is 0 Å². The molecule has 2 nitrogen and oxygen atoms in total. The van der Waals surface area contributed by atoms with Crippen molar-refractivity contribution in [3.05, 3.63) is 29.8 Å². The normalized spacial score (nSPS) is 12.8. The van der Waals surface area contributed by atoms with Crippen LogP contribution < -0.4 is 10.5 Å². The topological polar surface area (TPSA) is 35.2 Å². The van der Waals surface area contributed by atoms with Gasteiger partial charge < -0.3 is 10.5 Å². The van der Waals surface area contributed by atoms with Gasteiger partial charge in [0.1, 0.15) is 11.9 Å². The van der Waals surface area contributed by atoms with E-state index in [-0.39, 0.29) is 6.10 Å². The van der Waals surface area contributed by atoms with Gasteiger partial charge in [-0.3, -0.25) is 0 Å². The fourth-order valence-electron chi connectivity index (χ4n) is 1.79. The first-order valence-corrected chi connectivity index (χ1v) is 6.14. The fourth-order valence-corrected chi connectivity index (χ4v) is 1.79. The van der Waals surface area contributed by atoms with Crippen molar-refractivity contribution in [3.8, 4) is 5.75 Å². The molecule has 0 bridgehead atoms. The highest BCUT2D eigenvalue weighted by molar-refractivity contribution is 5.35. The van der Waals surface area contributed by atoms with Gasteiger partial charge in [-0.05, 0) is 24.0 Å². The van der Waals surface area contributed by atoms with E-state index in [0.717, 1.165) is 18.6 Å². The van der Waals surface area contributed by atoms with Crippen LogP contribution in [-0.4, -0.2) is 12.6 Å². The fraction of sp³-hybridized carbons (Fsp3) is 0.571. The van der Waals surface area contributed by atoms with Crippen molar-refractivity contribution in [1.29, 1.82) is 0 Å². The molecule has 0 amide bonds. The van der Waals surface area contributed by atoms with Crippen LogP contribution in [0.4, 0.5) is 0 Å². The van der Waals surface area contributed by atoms with Gasteiger partial charge >= 0.3 is 0 Å². The summed E-state index contributed by atoms with van der Waals surface area (Å²) in [5.74, 6) is 1.47. The summed E-state index contributed by atoms with van der Waals surface area (Å²) < 4.78 is 5.97. The van der Waals surface area contributed by atoms with Gasteiger partial charge in [0.15, 0.2) is 0 Å².